The molecule has 0 bridgehead atoms. The monoisotopic (exact) mass is 338 g/mol. The summed E-state index contributed by atoms with van der Waals surface area (Å²) < 4.78 is 18.7. The molecule has 5 heteroatoms. The molecule has 2 aromatic rings. The van der Waals surface area contributed by atoms with Crippen LogP contribution in [0.3, 0.4) is 0 Å². The number of carbonyl (C=O) groups excluding carboxylic acids is 1. The highest BCUT2D eigenvalue weighted by Gasteiger charge is 2.35. The number of nitrogens with zero attached hydrogens (tertiary/aromatic N) is 2. The first-order valence-corrected chi connectivity index (χ1v) is 8.14. The number of halogens is 1. The van der Waals surface area contributed by atoms with Gasteiger partial charge < -0.3 is 9.64 Å². The van der Waals surface area contributed by atoms with Crippen molar-refractivity contribution in [2.24, 2.45) is 0 Å². The molecule has 128 valence electrons. The van der Waals surface area contributed by atoms with Gasteiger partial charge in [-0.25, -0.2) is 4.39 Å². The zero-order chi connectivity index (χ0) is 18.0. The quantitative estimate of drug-likeness (QED) is 0.854. The van der Waals surface area contributed by atoms with Crippen LogP contribution in [-0.2, 0) is 0 Å². The normalized spacial score (nSPS) is 18.8. The summed E-state index contributed by atoms with van der Waals surface area (Å²) >= 11 is 0. The molecule has 0 radical (unpaired) electrons. The number of hydrogen-bond acceptors (Lipinski definition) is 3. The molecule has 4 nitrogen and oxygen atoms in total. The molecule has 0 unspecified atom stereocenters. The molecule has 3 rings (SSSR count). The van der Waals surface area contributed by atoms with E-state index in [9.17, 15) is 9.18 Å². The largest absolute Gasteiger partial charge is 0.497 e. The van der Waals surface area contributed by atoms with E-state index in [0.29, 0.717) is 11.5 Å². The maximum Gasteiger partial charge on any atom is 0.253 e. The van der Waals surface area contributed by atoms with Gasteiger partial charge in [0.15, 0.2) is 0 Å². The molecule has 0 saturated heterocycles. The molecule has 1 saturated carbocycles. The average Bonchev–Trinajstić information content (AvgIpc) is 2.60. The van der Waals surface area contributed by atoms with Crippen molar-refractivity contribution >= 4 is 5.91 Å². The van der Waals surface area contributed by atoms with E-state index in [-0.39, 0.29) is 17.5 Å². The lowest BCUT2D eigenvalue weighted by molar-refractivity contribution is 0.0620. The summed E-state index contributed by atoms with van der Waals surface area (Å²) in [6.45, 7) is 0. The van der Waals surface area contributed by atoms with Gasteiger partial charge in [0.1, 0.15) is 17.6 Å². The van der Waals surface area contributed by atoms with Crippen LogP contribution in [0.2, 0.25) is 0 Å². The molecule has 0 aliphatic heterocycles. The van der Waals surface area contributed by atoms with Crippen LogP contribution in [0.5, 0.6) is 5.75 Å². The van der Waals surface area contributed by atoms with Crippen molar-refractivity contribution < 1.29 is 13.9 Å². The topological polar surface area (TPSA) is 53.3 Å². The molecule has 1 aliphatic carbocycles. The highest BCUT2D eigenvalue weighted by molar-refractivity contribution is 5.94. The van der Waals surface area contributed by atoms with Gasteiger partial charge in [-0.05, 0) is 54.7 Å². The number of hydrogen-bond donors (Lipinski definition) is 0. The molecular weight excluding hydrogens is 319 g/mol. The van der Waals surface area contributed by atoms with E-state index in [4.69, 9.17) is 10.00 Å². The highest BCUT2D eigenvalue weighted by Crippen LogP contribution is 2.40. The van der Waals surface area contributed by atoms with Crippen LogP contribution in [0.25, 0.3) is 0 Å². The number of amides is 1. The predicted octanol–water partition coefficient (Wildman–Crippen LogP) is 3.72. The Kier molecular flexibility index (Phi) is 4.71. The number of benzene rings is 2. The van der Waals surface area contributed by atoms with E-state index in [1.54, 1.807) is 25.1 Å². The third-order valence-electron chi connectivity index (χ3n) is 4.88. The number of carbonyl (C=O) groups is 1. The number of ether oxygens (including phenoxy) is 1. The van der Waals surface area contributed by atoms with Crippen LogP contribution in [-0.4, -0.2) is 31.0 Å². The van der Waals surface area contributed by atoms with E-state index < -0.39 is 5.82 Å². The maximum atomic E-state index is 13.4. The molecule has 1 fully saturated rings. The Morgan fingerprint density at radius 1 is 1.28 bits per heavy atom. The molecule has 0 aromatic heterocycles. The summed E-state index contributed by atoms with van der Waals surface area (Å²) in [6.07, 6.45) is 1.75. The summed E-state index contributed by atoms with van der Waals surface area (Å²) in [4.78, 5) is 14.3. The molecular formula is C20H19FN2O2. The van der Waals surface area contributed by atoms with Crippen molar-refractivity contribution in [2.45, 2.75) is 24.8 Å². The number of nitriles is 1. The minimum atomic E-state index is -0.608. The van der Waals surface area contributed by atoms with Crippen LogP contribution >= 0.6 is 0 Å². The fourth-order valence-electron chi connectivity index (χ4n) is 3.19. The summed E-state index contributed by atoms with van der Waals surface area (Å²) in [7, 11) is 3.40. The molecule has 1 amide bonds. The van der Waals surface area contributed by atoms with E-state index >= 15 is 0 Å². The second-order valence-electron chi connectivity index (χ2n) is 6.32. The van der Waals surface area contributed by atoms with Crippen molar-refractivity contribution in [3.8, 4) is 11.8 Å². The van der Waals surface area contributed by atoms with Crippen molar-refractivity contribution in [3.05, 3.63) is 65.0 Å². The van der Waals surface area contributed by atoms with Crippen LogP contribution in [0, 0.1) is 17.1 Å². The Bertz CT molecular complexity index is 838. The van der Waals surface area contributed by atoms with Crippen LogP contribution < -0.4 is 4.74 Å². The van der Waals surface area contributed by atoms with Gasteiger partial charge in [0.25, 0.3) is 5.91 Å². The molecule has 25 heavy (non-hydrogen) atoms. The minimum Gasteiger partial charge on any atom is -0.497 e. The Morgan fingerprint density at radius 3 is 2.72 bits per heavy atom. The maximum absolute atomic E-state index is 13.4. The zero-order valence-corrected chi connectivity index (χ0v) is 14.2. The fraction of sp³-hybridized carbons (Fsp3) is 0.300. The average molecular weight is 338 g/mol. The second-order valence-corrected chi connectivity index (χ2v) is 6.32. The molecule has 0 spiro atoms. The lowest BCUT2D eigenvalue weighted by Crippen LogP contribution is -2.44. The van der Waals surface area contributed by atoms with Crippen molar-refractivity contribution in [1.29, 1.82) is 5.26 Å². The smallest absolute Gasteiger partial charge is 0.253 e. The van der Waals surface area contributed by atoms with Gasteiger partial charge in [-0.1, -0.05) is 12.1 Å². The van der Waals surface area contributed by atoms with Gasteiger partial charge in [-0.2, -0.15) is 5.26 Å². The van der Waals surface area contributed by atoms with Gasteiger partial charge in [0.05, 0.1) is 12.7 Å². The minimum absolute atomic E-state index is 0.109. The lowest BCUT2D eigenvalue weighted by atomic mass is 9.75. The van der Waals surface area contributed by atoms with E-state index in [1.807, 2.05) is 18.2 Å². The fourth-order valence-corrected chi connectivity index (χ4v) is 3.19. The molecule has 0 heterocycles. The molecule has 0 atom stereocenters. The van der Waals surface area contributed by atoms with E-state index in [1.165, 1.54) is 23.8 Å². The predicted molar refractivity (Wildman–Crippen MR) is 92.0 cm³/mol. The summed E-state index contributed by atoms with van der Waals surface area (Å²) in [5.41, 5.74) is 1.44. The Morgan fingerprint density at radius 2 is 2.04 bits per heavy atom. The van der Waals surface area contributed by atoms with Crippen molar-refractivity contribution in [2.75, 3.05) is 14.2 Å². The third-order valence-corrected chi connectivity index (χ3v) is 4.88. The van der Waals surface area contributed by atoms with Gasteiger partial charge in [-0.3, -0.25) is 4.79 Å². The third kappa shape index (κ3) is 3.34. The lowest BCUT2D eigenvalue weighted by Gasteiger charge is -2.41. The Balaban J connectivity index is 1.66. The van der Waals surface area contributed by atoms with Gasteiger partial charge >= 0.3 is 0 Å². The summed E-state index contributed by atoms with van der Waals surface area (Å²) in [5, 5.41) is 8.91. The molecule has 0 N–H and O–H groups in total. The number of methoxy groups -OCH3 is 1. The first kappa shape index (κ1) is 17.0. The highest BCUT2D eigenvalue weighted by atomic mass is 19.1. The van der Waals surface area contributed by atoms with E-state index in [0.717, 1.165) is 18.6 Å². The zero-order valence-electron chi connectivity index (χ0n) is 14.2. The van der Waals surface area contributed by atoms with Gasteiger partial charge in [0, 0.05) is 18.7 Å². The first-order valence-electron chi connectivity index (χ1n) is 8.14. The summed E-state index contributed by atoms with van der Waals surface area (Å²) in [6, 6.07) is 13.8. The molecule has 2 aromatic carbocycles. The number of rotatable bonds is 4. The second kappa shape index (κ2) is 6.94. The van der Waals surface area contributed by atoms with Crippen LogP contribution in [0.15, 0.2) is 42.5 Å². The Labute approximate surface area is 146 Å². The standard InChI is InChI=1S/C20H19FN2O2/c1-23(20(24)14-6-7-19(21)16(8-14)12-22)17-9-15(10-17)13-4-3-5-18(11-13)25-2/h3-8,11,15,17H,9-10H2,1-2H3. The van der Waals surface area contributed by atoms with Gasteiger partial charge in [0.2, 0.25) is 0 Å². The van der Waals surface area contributed by atoms with Crippen LogP contribution in [0.4, 0.5) is 4.39 Å². The van der Waals surface area contributed by atoms with E-state index in [2.05, 4.69) is 6.07 Å². The van der Waals surface area contributed by atoms with Crippen LogP contribution in [0.1, 0.15) is 40.2 Å². The molecule has 1 aliphatic rings. The first-order chi connectivity index (χ1) is 12.0. The van der Waals surface area contributed by atoms with Crippen molar-refractivity contribution in [3.63, 3.8) is 0 Å². The SMILES string of the molecule is COc1cccc(C2CC(N(C)C(=O)c3ccc(F)c(C#N)c3)C2)c1. The van der Waals surface area contributed by atoms with Crippen molar-refractivity contribution in [1.82, 2.24) is 4.90 Å². The summed E-state index contributed by atoms with van der Waals surface area (Å²) in [5.74, 6) is 0.438. The Hall–Kier alpha value is -2.87. The van der Waals surface area contributed by atoms with Gasteiger partial charge in [-0.15, -0.1) is 0 Å².